The van der Waals surface area contributed by atoms with Gasteiger partial charge in [-0.25, -0.2) is 4.98 Å². The molecule has 0 radical (unpaired) electrons. The van der Waals surface area contributed by atoms with E-state index in [1.54, 1.807) is 0 Å². The van der Waals surface area contributed by atoms with E-state index in [1.165, 1.54) is 19.4 Å². The molecule has 2 aliphatic heterocycles. The minimum Gasteiger partial charge on any atom is -0.441 e. The number of likely N-dealkylation sites (N-methyl/N-ethyl adjacent to an activating group) is 1. The average molecular weight is 341 g/mol. The Bertz CT molecular complexity index is 708. The van der Waals surface area contributed by atoms with Gasteiger partial charge >= 0.3 is 0 Å². The van der Waals surface area contributed by atoms with Crippen molar-refractivity contribution in [3.63, 3.8) is 0 Å². The van der Waals surface area contributed by atoms with Gasteiger partial charge in [-0.2, -0.15) is 0 Å². The lowest BCUT2D eigenvalue weighted by Crippen LogP contribution is -2.48. The molecule has 3 heterocycles. The lowest BCUT2D eigenvalue weighted by molar-refractivity contribution is -0.133. The number of hydrogen-bond donors (Lipinski definition) is 0. The molecule has 0 spiro atoms. The third-order valence-electron chi connectivity index (χ3n) is 5.78. The predicted molar refractivity (Wildman–Crippen MR) is 97.3 cm³/mol. The van der Waals surface area contributed by atoms with Gasteiger partial charge in [0.15, 0.2) is 11.5 Å². The summed E-state index contributed by atoms with van der Waals surface area (Å²) in [6.45, 7) is 5.41. The lowest BCUT2D eigenvalue weighted by atomic mass is 10.0. The van der Waals surface area contributed by atoms with Crippen molar-refractivity contribution < 1.29 is 9.21 Å². The third kappa shape index (κ3) is 3.30. The number of likely N-dealkylation sites (tertiary alicyclic amines) is 2. The van der Waals surface area contributed by atoms with Crippen LogP contribution in [0.1, 0.15) is 44.9 Å². The minimum atomic E-state index is 0.257. The van der Waals surface area contributed by atoms with E-state index in [1.807, 2.05) is 24.3 Å². The fourth-order valence-electron chi connectivity index (χ4n) is 4.57. The average Bonchev–Trinajstić information content (AvgIpc) is 3.36. The van der Waals surface area contributed by atoms with Crippen LogP contribution in [-0.2, 0) is 11.2 Å². The number of carbonyl (C=O) groups is 1. The number of benzene rings is 1. The zero-order chi connectivity index (χ0) is 17.2. The molecular formula is C20H27N3O2. The zero-order valence-electron chi connectivity index (χ0n) is 15.0. The lowest BCUT2D eigenvalue weighted by Gasteiger charge is -2.34. The van der Waals surface area contributed by atoms with Crippen molar-refractivity contribution in [1.82, 2.24) is 14.8 Å². The number of amides is 1. The van der Waals surface area contributed by atoms with Gasteiger partial charge < -0.3 is 9.32 Å². The molecule has 2 aliphatic rings. The summed E-state index contributed by atoms with van der Waals surface area (Å²) < 4.78 is 5.75. The van der Waals surface area contributed by atoms with Crippen molar-refractivity contribution in [1.29, 1.82) is 0 Å². The largest absolute Gasteiger partial charge is 0.441 e. The topological polar surface area (TPSA) is 49.6 Å². The molecule has 2 saturated heterocycles. The molecule has 5 heteroatoms. The van der Waals surface area contributed by atoms with Crippen LogP contribution in [0.2, 0.25) is 0 Å². The van der Waals surface area contributed by atoms with E-state index in [4.69, 9.17) is 4.42 Å². The zero-order valence-corrected chi connectivity index (χ0v) is 15.0. The van der Waals surface area contributed by atoms with Crippen LogP contribution < -0.4 is 0 Å². The molecular weight excluding hydrogens is 314 g/mol. The highest BCUT2D eigenvalue weighted by molar-refractivity contribution is 5.77. The molecule has 0 N–H and O–H groups in total. The summed E-state index contributed by atoms with van der Waals surface area (Å²) in [6.07, 6.45) is 5.84. The summed E-state index contributed by atoms with van der Waals surface area (Å²) in [5.74, 6) is 0.925. The smallest absolute Gasteiger partial charge is 0.223 e. The molecule has 0 aliphatic carbocycles. The predicted octanol–water partition coefficient (Wildman–Crippen LogP) is 3.24. The first kappa shape index (κ1) is 16.6. The molecule has 1 aromatic carbocycles. The van der Waals surface area contributed by atoms with Gasteiger partial charge in [-0.15, -0.1) is 0 Å². The van der Waals surface area contributed by atoms with Crippen molar-refractivity contribution in [3.8, 4) is 0 Å². The molecule has 0 saturated carbocycles. The molecule has 1 amide bonds. The highest BCUT2D eigenvalue weighted by Gasteiger charge is 2.38. The Morgan fingerprint density at radius 3 is 2.84 bits per heavy atom. The van der Waals surface area contributed by atoms with Gasteiger partial charge in [-0.1, -0.05) is 19.1 Å². The maximum absolute atomic E-state index is 12.8. The number of hydrogen-bond acceptors (Lipinski definition) is 4. The fraction of sp³-hybridized carbons (Fsp3) is 0.600. The van der Waals surface area contributed by atoms with Crippen LogP contribution in [0.25, 0.3) is 11.1 Å². The van der Waals surface area contributed by atoms with Gasteiger partial charge in [0.2, 0.25) is 5.91 Å². The molecule has 2 fully saturated rings. The first-order valence-electron chi connectivity index (χ1n) is 9.64. The number of aryl methyl sites for hydroxylation is 1. The number of fused-ring (bicyclic) bond motifs is 1. The normalized spacial score (nSPS) is 24.4. The van der Waals surface area contributed by atoms with Crippen molar-refractivity contribution in [3.05, 3.63) is 30.2 Å². The van der Waals surface area contributed by atoms with Gasteiger partial charge in [0.1, 0.15) is 5.52 Å². The van der Waals surface area contributed by atoms with Crippen molar-refractivity contribution in [2.45, 2.75) is 57.5 Å². The molecule has 2 atom stereocenters. The van der Waals surface area contributed by atoms with Gasteiger partial charge in [-0.3, -0.25) is 9.69 Å². The Hall–Kier alpha value is -1.88. The number of rotatable bonds is 5. The molecule has 2 aromatic rings. The molecule has 1 aromatic heterocycles. The van der Waals surface area contributed by atoms with Crippen molar-refractivity contribution >= 4 is 17.0 Å². The summed E-state index contributed by atoms with van der Waals surface area (Å²) >= 11 is 0. The van der Waals surface area contributed by atoms with Crippen molar-refractivity contribution in [2.24, 2.45) is 0 Å². The Kier molecular flexibility index (Phi) is 4.75. The summed E-state index contributed by atoms with van der Waals surface area (Å²) in [6, 6.07) is 8.72. The van der Waals surface area contributed by atoms with Gasteiger partial charge in [0.25, 0.3) is 0 Å². The monoisotopic (exact) mass is 341 g/mol. The van der Waals surface area contributed by atoms with Crippen LogP contribution in [0, 0.1) is 0 Å². The summed E-state index contributed by atoms with van der Waals surface area (Å²) in [4.78, 5) is 22.0. The standard InChI is InChI=1S/C20H27N3O2/c1-2-22-13-5-8-16(22)17-9-6-14-23(17)20(24)12-11-19-21-15-7-3-4-10-18(15)25-19/h3-4,7,10,16-17H,2,5-6,8-9,11-14H2,1H3/t16-,17+/m0/s1. The van der Waals surface area contributed by atoms with Crippen LogP contribution >= 0.6 is 0 Å². The highest BCUT2D eigenvalue weighted by atomic mass is 16.3. The van der Waals surface area contributed by atoms with Crippen LogP contribution in [0.4, 0.5) is 0 Å². The molecule has 134 valence electrons. The second-order valence-electron chi connectivity index (χ2n) is 7.21. The van der Waals surface area contributed by atoms with Gasteiger partial charge in [0.05, 0.1) is 0 Å². The summed E-state index contributed by atoms with van der Waals surface area (Å²) in [7, 11) is 0. The maximum atomic E-state index is 12.8. The summed E-state index contributed by atoms with van der Waals surface area (Å²) in [5.41, 5.74) is 1.67. The fourth-order valence-corrected chi connectivity index (χ4v) is 4.57. The van der Waals surface area contributed by atoms with E-state index >= 15 is 0 Å². The van der Waals surface area contributed by atoms with E-state index in [-0.39, 0.29) is 5.91 Å². The molecule has 4 rings (SSSR count). The van der Waals surface area contributed by atoms with Gasteiger partial charge in [-0.05, 0) is 50.9 Å². The first-order valence-corrected chi connectivity index (χ1v) is 9.64. The van der Waals surface area contributed by atoms with E-state index in [2.05, 4.69) is 21.7 Å². The Labute approximate surface area is 149 Å². The molecule has 0 unspecified atom stereocenters. The van der Waals surface area contributed by atoms with Crippen molar-refractivity contribution in [2.75, 3.05) is 19.6 Å². The van der Waals surface area contributed by atoms with Crippen LogP contribution in [0.5, 0.6) is 0 Å². The summed E-state index contributed by atoms with van der Waals surface area (Å²) in [5, 5.41) is 0. The first-order chi connectivity index (χ1) is 12.3. The SMILES string of the molecule is CCN1CCC[C@H]1[C@H]1CCCN1C(=O)CCc1nc2ccccc2o1. The minimum absolute atomic E-state index is 0.257. The molecule has 25 heavy (non-hydrogen) atoms. The number of nitrogens with zero attached hydrogens (tertiary/aromatic N) is 3. The van der Waals surface area contributed by atoms with E-state index < -0.39 is 0 Å². The molecule has 5 nitrogen and oxygen atoms in total. The second kappa shape index (κ2) is 7.16. The number of aromatic nitrogens is 1. The number of carbonyl (C=O) groups excluding carboxylic acids is 1. The van der Waals surface area contributed by atoms with E-state index in [0.717, 1.165) is 37.0 Å². The maximum Gasteiger partial charge on any atom is 0.223 e. The second-order valence-corrected chi connectivity index (χ2v) is 7.21. The molecule has 0 bridgehead atoms. The third-order valence-corrected chi connectivity index (χ3v) is 5.78. The number of oxazole rings is 1. The quantitative estimate of drug-likeness (QED) is 0.838. The van der Waals surface area contributed by atoms with Crippen LogP contribution in [-0.4, -0.2) is 52.4 Å². The Morgan fingerprint density at radius 2 is 2.00 bits per heavy atom. The van der Waals surface area contributed by atoms with E-state index in [0.29, 0.717) is 30.8 Å². The Balaban J connectivity index is 1.39. The van der Waals surface area contributed by atoms with Crippen LogP contribution in [0.3, 0.4) is 0 Å². The highest BCUT2D eigenvalue weighted by Crippen LogP contribution is 2.30. The van der Waals surface area contributed by atoms with E-state index in [9.17, 15) is 4.79 Å². The number of para-hydroxylation sites is 2. The Morgan fingerprint density at radius 1 is 1.20 bits per heavy atom. The van der Waals surface area contributed by atoms with Gasteiger partial charge in [0, 0.05) is 31.5 Å². The van der Waals surface area contributed by atoms with Crippen LogP contribution in [0.15, 0.2) is 28.7 Å².